The van der Waals surface area contributed by atoms with Crippen LogP contribution in [0.3, 0.4) is 0 Å². The summed E-state index contributed by atoms with van der Waals surface area (Å²) in [6.45, 7) is 4.85. The maximum atomic E-state index is 14.7. The zero-order chi connectivity index (χ0) is 21.6. The number of hydrogen-bond donors (Lipinski definition) is 0. The van der Waals surface area contributed by atoms with Gasteiger partial charge < -0.3 is 4.74 Å². The van der Waals surface area contributed by atoms with Crippen LogP contribution in [0.15, 0.2) is 18.2 Å². The Morgan fingerprint density at radius 2 is 1.48 bits per heavy atom. The Kier molecular flexibility index (Phi) is 8.35. The minimum absolute atomic E-state index is 0.0567. The van der Waals surface area contributed by atoms with E-state index in [0.29, 0.717) is 18.3 Å². The Bertz CT molecular complexity index is 677. The van der Waals surface area contributed by atoms with E-state index in [9.17, 15) is 4.39 Å². The Morgan fingerprint density at radius 3 is 2.19 bits per heavy atom. The van der Waals surface area contributed by atoms with Gasteiger partial charge in [0.2, 0.25) is 0 Å². The summed E-state index contributed by atoms with van der Waals surface area (Å²) in [5, 5.41) is 0. The van der Waals surface area contributed by atoms with Crippen molar-refractivity contribution in [2.24, 2.45) is 29.6 Å². The Labute approximate surface area is 190 Å². The topological polar surface area (TPSA) is 9.23 Å². The SMILES string of the molecule is CCCCCC1CCC(C2CCC3CC(c4ccc(OCC)cc4F)CCC3C2)CC1. The van der Waals surface area contributed by atoms with E-state index in [-0.39, 0.29) is 5.82 Å². The smallest absolute Gasteiger partial charge is 0.130 e. The molecule has 4 rings (SSSR count). The van der Waals surface area contributed by atoms with E-state index in [2.05, 4.69) is 6.92 Å². The fraction of sp³-hybridized carbons (Fsp3) is 0.793. The molecule has 2 heteroatoms. The van der Waals surface area contributed by atoms with Crippen molar-refractivity contribution in [3.63, 3.8) is 0 Å². The second kappa shape index (κ2) is 11.2. The quantitative estimate of drug-likeness (QED) is 0.375. The van der Waals surface area contributed by atoms with E-state index in [1.165, 1.54) is 89.9 Å². The Balaban J connectivity index is 1.26. The molecule has 0 amide bonds. The highest BCUT2D eigenvalue weighted by Gasteiger charge is 2.39. The predicted octanol–water partition coefficient (Wildman–Crippen LogP) is 8.91. The molecular weight excluding hydrogens is 383 g/mol. The largest absolute Gasteiger partial charge is 0.494 e. The van der Waals surface area contributed by atoms with E-state index in [0.717, 1.165) is 35.2 Å². The molecule has 0 heterocycles. The summed E-state index contributed by atoms with van der Waals surface area (Å²) in [6, 6.07) is 5.56. The fourth-order valence-electron chi connectivity index (χ4n) is 7.36. The third-order valence-electron chi connectivity index (χ3n) is 9.15. The van der Waals surface area contributed by atoms with Crippen LogP contribution < -0.4 is 4.74 Å². The van der Waals surface area contributed by atoms with Gasteiger partial charge in [-0.1, -0.05) is 51.5 Å². The lowest BCUT2D eigenvalue weighted by molar-refractivity contribution is 0.0706. The number of fused-ring (bicyclic) bond motifs is 1. The van der Waals surface area contributed by atoms with Gasteiger partial charge in [-0.2, -0.15) is 0 Å². The highest BCUT2D eigenvalue weighted by atomic mass is 19.1. The minimum Gasteiger partial charge on any atom is -0.494 e. The molecule has 0 aliphatic heterocycles. The van der Waals surface area contributed by atoms with E-state index in [4.69, 9.17) is 4.74 Å². The molecule has 4 unspecified atom stereocenters. The first-order valence-corrected chi connectivity index (χ1v) is 13.6. The van der Waals surface area contributed by atoms with Crippen LogP contribution in [0.1, 0.15) is 115 Å². The molecule has 0 radical (unpaired) electrons. The molecule has 0 spiro atoms. The molecule has 4 atom stereocenters. The predicted molar refractivity (Wildman–Crippen MR) is 128 cm³/mol. The van der Waals surface area contributed by atoms with Crippen molar-refractivity contribution < 1.29 is 9.13 Å². The third-order valence-corrected chi connectivity index (χ3v) is 9.15. The lowest BCUT2D eigenvalue weighted by Gasteiger charge is -2.45. The van der Waals surface area contributed by atoms with Gasteiger partial charge in [0, 0.05) is 6.07 Å². The molecule has 0 N–H and O–H groups in total. The van der Waals surface area contributed by atoms with Crippen LogP contribution in [0, 0.1) is 35.4 Å². The molecule has 174 valence electrons. The average Bonchev–Trinajstić information content (AvgIpc) is 2.79. The van der Waals surface area contributed by atoms with Gasteiger partial charge in [-0.3, -0.25) is 0 Å². The maximum Gasteiger partial charge on any atom is 0.130 e. The molecule has 1 nitrogen and oxygen atoms in total. The summed E-state index contributed by atoms with van der Waals surface area (Å²) in [4.78, 5) is 0. The Hall–Kier alpha value is -1.05. The van der Waals surface area contributed by atoms with Gasteiger partial charge in [-0.15, -0.1) is 0 Å². The number of halogens is 1. The summed E-state index contributed by atoms with van der Waals surface area (Å²) < 4.78 is 20.2. The number of rotatable bonds is 8. The van der Waals surface area contributed by atoms with Gasteiger partial charge in [0.15, 0.2) is 0 Å². The van der Waals surface area contributed by atoms with E-state index in [1.807, 2.05) is 19.1 Å². The first-order chi connectivity index (χ1) is 15.2. The normalized spacial score (nSPS) is 33.6. The average molecular weight is 429 g/mol. The number of hydrogen-bond acceptors (Lipinski definition) is 1. The van der Waals surface area contributed by atoms with Gasteiger partial charge in [-0.05, 0) is 105 Å². The van der Waals surface area contributed by atoms with Gasteiger partial charge in [-0.25, -0.2) is 4.39 Å². The molecule has 0 bridgehead atoms. The van der Waals surface area contributed by atoms with Crippen molar-refractivity contribution in [2.75, 3.05) is 6.61 Å². The van der Waals surface area contributed by atoms with Crippen LogP contribution in [0.4, 0.5) is 4.39 Å². The lowest BCUT2D eigenvalue weighted by Crippen LogP contribution is -2.34. The number of benzene rings is 1. The Morgan fingerprint density at radius 1 is 0.806 bits per heavy atom. The van der Waals surface area contributed by atoms with E-state index in [1.54, 1.807) is 6.07 Å². The van der Waals surface area contributed by atoms with E-state index >= 15 is 0 Å². The first kappa shape index (κ1) is 23.1. The van der Waals surface area contributed by atoms with Crippen LogP contribution in [0.25, 0.3) is 0 Å². The second-order valence-corrected chi connectivity index (χ2v) is 11.0. The van der Waals surface area contributed by atoms with Crippen molar-refractivity contribution in [1.29, 1.82) is 0 Å². The second-order valence-electron chi connectivity index (χ2n) is 11.0. The van der Waals surface area contributed by atoms with Crippen LogP contribution in [0.2, 0.25) is 0 Å². The highest BCUT2D eigenvalue weighted by Crippen LogP contribution is 2.51. The molecule has 0 aromatic heterocycles. The van der Waals surface area contributed by atoms with Crippen molar-refractivity contribution in [1.82, 2.24) is 0 Å². The molecule has 3 saturated carbocycles. The molecule has 0 saturated heterocycles. The summed E-state index contributed by atoms with van der Waals surface area (Å²) >= 11 is 0. The molecule has 1 aromatic carbocycles. The number of ether oxygens (including phenoxy) is 1. The van der Waals surface area contributed by atoms with Crippen molar-refractivity contribution in [3.05, 3.63) is 29.6 Å². The maximum absolute atomic E-state index is 14.7. The monoisotopic (exact) mass is 428 g/mol. The van der Waals surface area contributed by atoms with Gasteiger partial charge in [0.05, 0.1) is 6.61 Å². The summed E-state index contributed by atoms with van der Waals surface area (Å²) in [7, 11) is 0. The number of unbranched alkanes of at least 4 members (excludes halogenated alkanes) is 2. The fourth-order valence-corrected chi connectivity index (χ4v) is 7.36. The summed E-state index contributed by atoms with van der Waals surface area (Å²) in [5.74, 6) is 5.76. The standard InChI is InChI=1S/C29H45FO/c1-3-5-6-7-21-8-10-22(11-9-21)23-12-13-25-19-26(15-14-24(25)18-23)28-17-16-27(31-4-2)20-29(28)30/h16-17,20-26H,3-15,18-19H2,1-2H3. The molecular formula is C29H45FO. The van der Waals surface area contributed by atoms with Gasteiger partial charge >= 0.3 is 0 Å². The zero-order valence-electron chi connectivity index (χ0n) is 20.1. The highest BCUT2D eigenvalue weighted by molar-refractivity contribution is 5.31. The summed E-state index contributed by atoms with van der Waals surface area (Å²) in [6.07, 6.45) is 19.7. The molecule has 1 aromatic rings. The molecule has 3 fully saturated rings. The molecule has 31 heavy (non-hydrogen) atoms. The van der Waals surface area contributed by atoms with Crippen LogP contribution >= 0.6 is 0 Å². The van der Waals surface area contributed by atoms with Gasteiger partial charge in [0.1, 0.15) is 11.6 Å². The van der Waals surface area contributed by atoms with Gasteiger partial charge in [0.25, 0.3) is 0 Å². The summed E-state index contributed by atoms with van der Waals surface area (Å²) in [5.41, 5.74) is 0.936. The van der Waals surface area contributed by atoms with Crippen LogP contribution in [-0.4, -0.2) is 6.61 Å². The minimum atomic E-state index is -0.0567. The lowest BCUT2D eigenvalue weighted by atomic mass is 9.60. The van der Waals surface area contributed by atoms with Crippen LogP contribution in [0.5, 0.6) is 5.75 Å². The first-order valence-electron chi connectivity index (χ1n) is 13.6. The molecule has 3 aliphatic rings. The molecule has 3 aliphatic carbocycles. The van der Waals surface area contributed by atoms with Crippen LogP contribution in [-0.2, 0) is 0 Å². The van der Waals surface area contributed by atoms with Crippen molar-refractivity contribution in [3.8, 4) is 5.75 Å². The van der Waals surface area contributed by atoms with E-state index < -0.39 is 0 Å². The van der Waals surface area contributed by atoms with Crippen molar-refractivity contribution in [2.45, 2.75) is 110 Å². The third kappa shape index (κ3) is 5.85. The zero-order valence-corrected chi connectivity index (χ0v) is 20.1. The van der Waals surface area contributed by atoms with Crippen molar-refractivity contribution >= 4 is 0 Å².